The Morgan fingerprint density at radius 1 is 1.15 bits per heavy atom. The number of benzene rings is 1. The molecule has 1 aromatic rings. The first kappa shape index (κ1) is 17.4. The molecule has 0 spiro atoms. The molecule has 0 bridgehead atoms. The first-order chi connectivity index (χ1) is 9.04. The van der Waals surface area contributed by atoms with Crippen LogP contribution in [0.3, 0.4) is 0 Å². The van der Waals surface area contributed by atoms with Gasteiger partial charge in [0.2, 0.25) is 0 Å². The standard InChI is InChI=1S/C11H7BrF6OS/c12-4-3-8(19)7-2-1-6(10(13,14)15)5-9(7)20-11(16,17)18/h1-2,5H,3-4H2. The molecule has 0 amide bonds. The summed E-state index contributed by atoms with van der Waals surface area (Å²) in [6.45, 7) is 0. The number of hydrogen-bond acceptors (Lipinski definition) is 2. The van der Waals surface area contributed by atoms with Gasteiger partial charge < -0.3 is 0 Å². The molecular weight excluding hydrogens is 374 g/mol. The lowest BCUT2D eigenvalue weighted by atomic mass is 10.1. The number of Topliss-reactive ketones (excluding diaryl/α,β-unsaturated/α-hetero) is 1. The van der Waals surface area contributed by atoms with E-state index < -0.39 is 39.7 Å². The lowest BCUT2D eigenvalue weighted by Gasteiger charge is -2.13. The molecule has 0 fully saturated rings. The van der Waals surface area contributed by atoms with Crippen molar-refractivity contribution >= 4 is 33.5 Å². The average Bonchev–Trinajstić information content (AvgIpc) is 2.25. The minimum Gasteiger partial charge on any atom is -0.294 e. The SMILES string of the molecule is O=C(CCBr)c1ccc(C(F)(F)F)cc1SC(F)(F)F. The van der Waals surface area contributed by atoms with E-state index in [9.17, 15) is 31.1 Å². The summed E-state index contributed by atoms with van der Waals surface area (Å²) >= 11 is 2.23. The molecule has 0 unspecified atom stereocenters. The van der Waals surface area contributed by atoms with Gasteiger partial charge in [-0.2, -0.15) is 26.3 Å². The first-order valence-electron chi connectivity index (χ1n) is 5.11. The fourth-order valence-corrected chi connectivity index (χ4v) is 2.45. The van der Waals surface area contributed by atoms with Crippen molar-refractivity contribution in [3.05, 3.63) is 29.3 Å². The van der Waals surface area contributed by atoms with Gasteiger partial charge in [-0.15, -0.1) is 0 Å². The van der Waals surface area contributed by atoms with E-state index in [4.69, 9.17) is 0 Å². The van der Waals surface area contributed by atoms with Crippen LogP contribution in [0.15, 0.2) is 23.1 Å². The summed E-state index contributed by atoms with van der Waals surface area (Å²) in [5, 5.41) is 0.211. The van der Waals surface area contributed by atoms with E-state index in [-0.39, 0.29) is 17.3 Å². The minimum absolute atomic E-state index is 0.100. The van der Waals surface area contributed by atoms with Crippen molar-refractivity contribution < 1.29 is 31.1 Å². The van der Waals surface area contributed by atoms with E-state index >= 15 is 0 Å². The lowest BCUT2D eigenvalue weighted by molar-refractivity contribution is -0.137. The van der Waals surface area contributed by atoms with E-state index in [1.54, 1.807) is 0 Å². The van der Waals surface area contributed by atoms with Gasteiger partial charge in [0.15, 0.2) is 5.78 Å². The van der Waals surface area contributed by atoms with Crippen molar-refractivity contribution in [3.63, 3.8) is 0 Å². The third kappa shape index (κ3) is 5.01. The summed E-state index contributed by atoms with van der Waals surface area (Å²) in [6.07, 6.45) is -4.87. The van der Waals surface area contributed by atoms with Crippen LogP contribution in [0.4, 0.5) is 26.3 Å². The second-order valence-electron chi connectivity index (χ2n) is 3.62. The van der Waals surface area contributed by atoms with Crippen LogP contribution in [-0.4, -0.2) is 16.6 Å². The zero-order valence-corrected chi connectivity index (χ0v) is 12.0. The molecule has 0 heterocycles. The van der Waals surface area contributed by atoms with Crippen molar-refractivity contribution in [2.45, 2.75) is 23.0 Å². The molecule has 0 saturated carbocycles. The van der Waals surface area contributed by atoms with E-state index in [0.717, 1.165) is 6.07 Å². The van der Waals surface area contributed by atoms with Gasteiger partial charge in [0.25, 0.3) is 0 Å². The molecule has 1 aromatic carbocycles. The monoisotopic (exact) mass is 380 g/mol. The van der Waals surface area contributed by atoms with Gasteiger partial charge in [-0.1, -0.05) is 15.9 Å². The van der Waals surface area contributed by atoms with Crippen LogP contribution in [0.25, 0.3) is 0 Å². The topological polar surface area (TPSA) is 17.1 Å². The van der Waals surface area contributed by atoms with Crippen LogP contribution >= 0.6 is 27.7 Å². The van der Waals surface area contributed by atoms with Gasteiger partial charge in [-0.05, 0) is 30.0 Å². The number of carbonyl (C=O) groups is 1. The molecule has 0 radical (unpaired) electrons. The Labute approximate surface area is 122 Å². The highest BCUT2D eigenvalue weighted by molar-refractivity contribution is 9.09. The molecule has 0 aromatic heterocycles. The molecular formula is C11H7BrF6OS. The zero-order valence-electron chi connectivity index (χ0n) is 9.61. The molecule has 0 saturated heterocycles. The van der Waals surface area contributed by atoms with Crippen LogP contribution in [0, 0.1) is 0 Å². The first-order valence-corrected chi connectivity index (χ1v) is 7.04. The van der Waals surface area contributed by atoms with Crippen molar-refractivity contribution in [2.24, 2.45) is 0 Å². The maximum atomic E-state index is 12.5. The fourth-order valence-electron chi connectivity index (χ4n) is 1.36. The Kier molecular flexibility index (Phi) is 5.54. The third-order valence-corrected chi connectivity index (χ3v) is 3.34. The highest BCUT2D eigenvalue weighted by Crippen LogP contribution is 2.41. The van der Waals surface area contributed by atoms with E-state index in [0.29, 0.717) is 12.1 Å². The lowest BCUT2D eigenvalue weighted by Crippen LogP contribution is -2.10. The van der Waals surface area contributed by atoms with E-state index in [1.807, 2.05) is 0 Å². The summed E-state index contributed by atoms with van der Waals surface area (Å²) in [4.78, 5) is 10.9. The molecule has 20 heavy (non-hydrogen) atoms. The van der Waals surface area contributed by atoms with E-state index in [1.165, 1.54) is 0 Å². The molecule has 0 aliphatic heterocycles. The van der Waals surface area contributed by atoms with Gasteiger partial charge >= 0.3 is 11.7 Å². The summed E-state index contributed by atoms with van der Waals surface area (Å²) < 4.78 is 74.6. The summed E-state index contributed by atoms with van der Waals surface area (Å²) in [6, 6.07) is 1.73. The van der Waals surface area contributed by atoms with Gasteiger partial charge in [-0.25, -0.2) is 0 Å². The molecule has 1 rings (SSSR count). The Hall–Kier alpha value is -0.700. The molecule has 0 aliphatic carbocycles. The third-order valence-electron chi connectivity index (χ3n) is 2.16. The average molecular weight is 381 g/mol. The molecule has 0 aliphatic rings. The molecule has 112 valence electrons. The van der Waals surface area contributed by atoms with E-state index in [2.05, 4.69) is 15.9 Å². The van der Waals surface area contributed by atoms with Crippen molar-refractivity contribution in [1.82, 2.24) is 0 Å². The minimum atomic E-state index is -4.77. The second-order valence-corrected chi connectivity index (χ2v) is 5.52. The number of rotatable bonds is 4. The Bertz CT molecular complexity index is 497. The number of halogens is 7. The number of hydrogen-bond donors (Lipinski definition) is 0. The van der Waals surface area contributed by atoms with Crippen LogP contribution in [0.2, 0.25) is 0 Å². The van der Waals surface area contributed by atoms with Crippen LogP contribution in [0.1, 0.15) is 22.3 Å². The summed E-state index contributed by atoms with van der Waals surface area (Å²) in [5.74, 6) is -0.651. The number of alkyl halides is 7. The van der Waals surface area contributed by atoms with Crippen LogP contribution < -0.4 is 0 Å². The smallest absolute Gasteiger partial charge is 0.294 e. The predicted octanol–water partition coefficient (Wildman–Crippen LogP) is 5.29. The van der Waals surface area contributed by atoms with Crippen molar-refractivity contribution in [1.29, 1.82) is 0 Å². The van der Waals surface area contributed by atoms with Crippen LogP contribution in [-0.2, 0) is 6.18 Å². The fraction of sp³-hybridized carbons (Fsp3) is 0.364. The quantitative estimate of drug-likeness (QED) is 0.305. The Morgan fingerprint density at radius 3 is 2.20 bits per heavy atom. The second kappa shape index (κ2) is 6.38. The van der Waals surface area contributed by atoms with Crippen molar-refractivity contribution in [2.75, 3.05) is 5.33 Å². The van der Waals surface area contributed by atoms with Gasteiger partial charge in [-0.3, -0.25) is 4.79 Å². The number of thioether (sulfide) groups is 1. The summed E-state index contributed by atoms with van der Waals surface area (Å²) in [5.41, 5.74) is -6.35. The predicted molar refractivity (Wildman–Crippen MR) is 66.1 cm³/mol. The molecule has 9 heteroatoms. The molecule has 1 nitrogen and oxygen atoms in total. The van der Waals surface area contributed by atoms with Gasteiger partial charge in [0, 0.05) is 22.2 Å². The Balaban J connectivity index is 3.27. The number of carbonyl (C=O) groups excluding carboxylic acids is 1. The van der Waals surface area contributed by atoms with Gasteiger partial charge in [0.05, 0.1) is 5.56 Å². The maximum Gasteiger partial charge on any atom is 0.446 e. The normalized spacial score (nSPS) is 12.6. The number of ketones is 1. The summed E-state index contributed by atoms with van der Waals surface area (Å²) in [7, 11) is 0. The molecule has 0 N–H and O–H groups in total. The van der Waals surface area contributed by atoms with Gasteiger partial charge in [0.1, 0.15) is 0 Å². The zero-order chi connectivity index (χ0) is 15.6. The molecule has 0 atom stereocenters. The largest absolute Gasteiger partial charge is 0.446 e. The van der Waals surface area contributed by atoms with Crippen LogP contribution in [0.5, 0.6) is 0 Å². The highest BCUT2D eigenvalue weighted by Gasteiger charge is 2.35. The maximum absolute atomic E-state index is 12.5. The Morgan fingerprint density at radius 2 is 1.75 bits per heavy atom. The van der Waals surface area contributed by atoms with Crippen molar-refractivity contribution in [3.8, 4) is 0 Å². The highest BCUT2D eigenvalue weighted by atomic mass is 79.9.